The maximum Gasteiger partial charge on any atom is 0.336 e. The molecule has 0 atom stereocenters. The van der Waals surface area contributed by atoms with E-state index >= 15 is 0 Å². The summed E-state index contributed by atoms with van der Waals surface area (Å²) in [6.45, 7) is 5.56. The highest BCUT2D eigenvalue weighted by Crippen LogP contribution is 2.25. The summed E-state index contributed by atoms with van der Waals surface area (Å²) < 4.78 is 12.2. The average Bonchev–Trinajstić information content (AvgIpc) is 2.84. The second-order valence-corrected chi connectivity index (χ2v) is 6.74. The molecule has 2 heterocycles. The summed E-state index contributed by atoms with van der Waals surface area (Å²) in [7, 11) is 1.84. The molecule has 0 unspecified atom stereocenters. The second kappa shape index (κ2) is 7.40. The Hall–Kier alpha value is -2.86. The van der Waals surface area contributed by atoms with Crippen LogP contribution in [0.2, 0.25) is 5.02 Å². The highest BCUT2D eigenvalue weighted by Gasteiger charge is 2.11. The molecule has 0 radical (unpaired) electrons. The Bertz CT molecular complexity index is 1130. The number of hydrogen-bond donors (Lipinski definition) is 0. The largest absolute Gasteiger partial charge is 0.458 e. The standard InChI is InChI=1S/C20H19ClN2O4/c1-11-7-18-16(9-17(11)21)14(8-20(25)27-18)10-26-19(24)6-5-15-12(2)22-23(4)13(15)3/h5-9H,10H2,1-4H3/b6-5+. The Kier molecular flexibility index (Phi) is 5.19. The number of rotatable bonds is 4. The number of carbonyl (C=O) groups excluding carboxylic acids is 1. The van der Waals surface area contributed by atoms with E-state index in [-0.39, 0.29) is 6.61 Å². The van der Waals surface area contributed by atoms with Gasteiger partial charge in [0, 0.05) is 46.4 Å². The quantitative estimate of drug-likeness (QED) is 0.386. The van der Waals surface area contributed by atoms with Gasteiger partial charge in [-0.2, -0.15) is 5.10 Å². The molecule has 1 aromatic carbocycles. The van der Waals surface area contributed by atoms with Gasteiger partial charge in [-0.05, 0) is 44.5 Å². The number of halogens is 1. The van der Waals surface area contributed by atoms with Crippen LogP contribution in [0.15, 0.2) is 33.5 Å². The molecule has 0 fully saturated rings. The molecule has 0 saturated carbocycles. The lowest BCUT2D eigenvalue weighted by molar-refractivity contribution is -0.138. The summed E-state index contributed by atoms with van der Waals surface area (Å²) in [4.78, 5) is 23.9. The molecule has 0 spiro atoms. The van der Waals surface area contributed by atoms with Gasteiger partial charge in [-0.25, -0.2) is 9.59 Å². The van der Waals surface area contributed by atoms with Gasteiger partial charge in [0.25, 0.3) is 0 Å². The third-order valence-corrected chi connectivity index (χ3v) is 4.84. The zero-order valence-electron chi connectivity index (χ0n) is 15.5. The molecule has 7 heteroatoms. The van der Waals surface area contributed by atoms with Gasteiger partial charge in [0.1, 0.15) is 12.2 Å². The molecule has 2 aromatic heterocycles. The molecule has 0 aliphatic heterocycles. The minimum absolute atomic E-state index is 0.0599. The van der Waals surface area contributed by atoms with Crippen molar-refractivity contribution in [2.75, 3.05) is 0 Å². The van der Waals surface area contributed by atoms with Gasteiger partial charge in [0.05, 0.1) is 5.69 Å². The van der Waals surface area contributed by atoms with E-state index in [9.17, 15) is 9.59 Å². The number of nitrogens with zero attached hydrogens (tertiary/aromatic N) is 2. The summed E-state index contributed by atoms with van der Waals surface area (Å²) in [5.74, 6) is -0.516. The molecular weight excluding hydrogens is 368 g/mol. The summed E-state index contributed by atoms with van der Waals surface area (Å²) in [6.07, 6.45) is 3.03. The number of ether oxygens (including phenoxy) is 1. The highest BCUT2D eigenvalue weighted by molar-refractivity contribution is 6.32. The van der Waals surface area contributed by atoms with Crippen molar-refractivity contribution >= 4 is 34.6 Å². The Labute approximate surface area is 161 Å². The Morgan fingerprint density at radius 3 is 2.70 bits per heavy atom. The number of benzene rings is 1. The third kappa shape index (κ3) is 3.95. The van der Waals surface area contributed by atoms with E-state index in [1.54, 1.807) is 22.9 Å². The lowest BCUT2D eigenvalue weighted by atomic mass is 10.1. The van der Waals surface area contributed by atoms with Gasteiger partial charge in [-0.3, -0.25) is 4.68 Å². The number of esters is 1. The van der Waals surface area contributed by atoms with Crippen LogP contribution in [0.25, 0.3) is 17.0 Å². The first-order valence-corrected chi connectivity index (χ1v) is 8.72. The molecule has 3 rings (SSSR count). The minimum atomic E-state index is -0.516. The second-order valence-electron chi connectivity index (χ2n) is 6.34. The van der Waals surface area contributed by atoms with Crippen molar-refractivity contribution < 1.29 is 13.9 Å². The van der Waals surface area contributed by atoms with Gasteiger partial charge < -0.3 is 9.15 Å². The zero-order valence-corrected chi connectivity index (χ0v) is 16.3. The molecule has 0 bridgehead atoms. The maximum absolute atomic E-state index is 12.1. The normalized spacial score (nSPS) is 11.4. The average molecular weight is 387 g/mol. The summed E-state index contributed by atoms with van der Waals surface area (Å²) in [6, 6.07) is 4.70. The lowest BCUT2D eigenvalue weighted by Gasteiger charge is -2.07. The van der Waals surface area contributed by atoms with E-state index in [1.165, 1.54) is 12.1 Å². The Morgan fingerprint density at radius 2 is 2.04 bits per heavy atom. The molecule has 0 aliphatic carbocycles. The van der Waals surface area contributed by atoms with E-state index in [4.69, 9.17) is 20.8 Å². The van der Waals surface area contributed by atoms with Crippen LogP contribution in [-0.2, 0) is 23.2 Å². The molecule has 3 aromatic rings. The van der Waals surface area contributed by atoms with Crippen LogP contribution >= 0.6 is 11.6 Å². The van der Waals surface area contributed by atoms with Gasteiger partial charge >= 0.3 is 11.6 Å². The fourth-order valence-corrected chi connectivity index (χ4v) is 3.01. The van der Waals surface area contributed by atoms with Gasteiger partial charge in [-0.15, -0.1) is 0 Å². The first-order valence-electron chi connectivity index (χ1n) is 8.34. The van der Waals surface area contributed by atoms with E-state index in [1.807, 2.05) is 27.8 Å². The smallest absolute Gasteiger partial charge is 0.336 e. The van der Waals surface area contributed by atoms with Crippen molar-refractivity contribution in [3.8, 4) is 0 Å². The highest BCUT2D eigenvalue weighted by atomic mass is 35.5. The lowest BCUT2D eigenvalue weighted by Crippen LogP contribution is -2.06. The van der Waals surface area contributed by atoms with E-state index in [0.717, 1.165) is 22.5 Å². The molecular formula is C20H19ClN2O4. The fraction of sp³-hybridized carbons (Fsp3) is 0.250. The molecule has 27 heavy (non-hydrogen) atoms. The fourth-order valence-electron chi connectivity index (χ4n) is 2.85. The first kappa shape index (κ1) is 18.9. The monoisotopic (exact) mass is 386 g/mol. The molecule has 0 saturated heterocycles. The molecule has 0 amide bonds. The SMILES string of the molecule is Cc1cc2oc(=O)cc(COC(=O)/C=C/c3c(C)nn(C)c3C)c2cc1Cl. The van der Waals surface area contributed by atoms with Crippen molar-refractivity contribution in [3.05, 3.63) is 67.8 Å². The van der Waals surface area contributed by atoms with Crippen LogP contribution in [0.1, 0.15) is 28.1 Å². The number of aryl methyl sites for hydroxylation is 3. The van der Waals surface area contributed by atoms with Gasteiger partial charge in [-0.1, -0.05) is 11.6 Å². The Morgan fingerprint density at radius 1 is 1.30 bits per heavy atom. The third-order valence-electron chi connectivity index (χ3n) is 4.43. The van der Waals surface area contributed by atoms with Gasteiger partial charge in [0.2, 0.25) is 0 Å². The van der Waals surface area contributed by atoms with Crippen LogP contribution in [0.4, 0.5) is 0 Å². The number of fused-ring (bicyclic) bond motifs is 1. The van der Waals surface area contributed by atoms with Crippen molar-refractivity contribution in [2.24, 2.45) is 7.05 Å². The number of carbonyl (C=O) groups is 1. The van der Waals surface area contributed by atoms with Crippen LogP contribution in [-0.4, -0.2) is 15.7 Å². The topological polar surface area (TPSA) is 74.3 Å². The van der Waals surface area contributed by atoms with E-state index in [0.29, 0.717) is 21.6 Å². The molecule has 0 aliphatic rings. The van der Waals surface area contributed by atoms with Crippen LogP contribution in [0.5, 0.6) is 0 Å². The molecule has 140 valence electrons. The van der Waals surface area contributed by atoms with E-state index in [2.05, 4.69) is 5.10 Å². The van der Waals surface area contributed by atoms with Crippen LogP contribution < -0.4 is 5.63 Å². The first-order chi connectivity index (χ1) is 12.8. The predicted octanol–water partition coefficient (Wildman–Crippen LogP) is 3.86. The minimum Gasteiger partial charge on any atom is -0.458 e. The Balaban J connectivity index is 1.80. The zero-order chi connectivity index (χ0) is 19.7. The summed E-state index contributed by atoms with van der Waals surface area (Å²) >= 11 is 6.16. The van der Waals surface area contributed by atoms with Crippen molar-refractivity contribution in [1.82, 2.24) is 9.78 Å². The van der Waals surface area contributed by atoms with Crippen molar-refractivity contribution in [1.29, 1.82) is 0 Å². The van der Waals surface area contributed by atoms with Crippen LogP contribution in [0, 0.1) is 20.8 Å². The predicted molar refractivity (Wildman–Crippen MR) is 104 cm³/mol. The molecule has 6 nitrogen and oxygen atoms in total. The number of aromatic nitrogens is 2. The number of hydrogen-bond acceptors (Lipinski definition) is 5. The van der Waals surface area contributed by atoms with Crippen molar-refractivity contribution in [2.45, 2.75) is 27.4 Å². The summed E-state index contributed by atoms with van der Waals surface area (Å²) in [5, 5.41) is 5.48. The van der Waals surface area contributed by atoms with E-state index < -0.39 is 11.6 Å². The maximum atomic E-state index is 12.1. The van der Waals surface area contributed by atoms with Crippen LogP contribution in [0.3, 0.4) is 0 Å². The molecule has 0 N–H and O–H groups in total. The van der Waals surface area contributed by atoms with Crippen molar-refractivity contribution in [3.63, 3.8) is 0 Å². The summed E-state index contributed by atoms with van der Waals surface area (Å²) in [5.41, 5.74) is 3.90. The van der Waals surface area contributed by atoms with Gasteiger partial charge in [0.15, 0.2) is 0 Å².